The molecule has 0 unspecified atom stereocenters. The molecule has 1 aliphatic carbocycles. The fraction of sp³-hybridized carbons (Fsp3) is 0.579. The van der Waals surface area contributed by atoms with Crippen LogP contribution in [0.3, 0.4) is 0 Å². The number of carbonyl (C=O) groups is 2. The van der Waals surface area contributed by atoms with Crippen molar-refractivity contribution in [3.05, 3.63) is 23.8 Å². The van der Waals surface area contributed by atoms with Gasteiger partial charge in [-0.25, -0.2) is 12.7 Å². The number of methoxy groups -OCH3 is 1. The molecular formula is C19H27N3O5S. The summed E-state index contributed by atoms with van der Waals surface area (Å²) in [6.45, 7) is 3.19. The number of aryl methyl sites for hydroxylation is 1. The summed E-state index contributed by atoms with van der Waals surface area (Å²) in [6, 6.07) is 5.32. The van der Waals surface area contributed by atoms with Gasteiger partial charge in [0.25, 0.3) is 0 Å². The third-order valence-corrected chi connectivity index (χ3v) is 7.64. The summed E-state index contributed by atoms with van der Waals surface area (Å²) < 4.78 is 31.3. The van der Waals surface area contributed by atoms with E-state index in [0.717, 1.165) is 18.4 Å². The van der Waals surface area contributed by atoms with Gasteiger partial charge >= 0.3 is 11.8 Å². The van der Waals surface area contributed by atoms with Crippen LogP contribution in [0.2, 0.25) is 0 Å². The molecule has 8 nitrogen and oxygen atoms in total. The van der Waals surface area contributed by atoms with Gasteiger partial charge in [-0.05, 0) is 56.2 Å². The van der Waals surface area contributed by atoms with Crippen LogP contribution in [0, 0.1) is 12.8 Å². The first-order valence-electron chi connectivity index (χ1n) is 9.54. The summed E-state index contributed by atoms with van der Waals surface area (Å²) in [7, 11) is -1.64. The minimum absolute atomic E-state index is 0.163. The summed E-state index contributed by atoms with van der Waals surface area (Å²) in [5.74, 6) is -0.818. The molecule has 154 valence electrons. The summed E-state index contributed by atoms with van der Waals surface area (Å²) in [5.41, 5.74) is 1.38. The Kier molecular flexibility index (Phi) is 6.24. The van der Waals surface area contributed by atoms with E-state index in [-0.39, 0.29) is 11.2 Å². The van der Waals surface area contributed by atoms with E-state index in [0.29, 0.717) is 43.9 Å². The lowest BCUT2D eigenvalue weighted by molar-refractivity contribution is -0.136. The van der Waals surface area contributed by atoms with Crippen LogP contribution in [0.5, 0.6) is 5.75 Å². The van der Waals surface area contributed by atoms with Crippen molar-refractivity contribution >= 4 is 27.5 Å². The number of nitrogens with one attached hydrogen (secondary N) is 2. The number of ether oxygens (including phenoxy) is 1. The number of hydrogen-bond acceptors (Lipinski definition) is 5. The highest BCUT2D eigenvalue weighted by molar-refractivity contribution is 7.90. The number of piperidine rings is 1. The van der Waals surface area contributed by atoms with Crippen molar-refractivity contribution in [2.75, 3.05) is 32.1 Å². The van der Waals surface area contributed by atoms with Crippen LogP contribution in [0.4, 0.5) is 5.69 Å². The fourth-order valence-corrected chi connectivity index (χ4v) is 5.23. The number of anilines is 1. The van der Waals surface area contributed by atoms with Crippen molar-refractivity contribution in [1.82, 2.24) is 9.62 Å². The molecule has 2 aliphatic rings. The number of amides is 2. The molecule has 1 saturated heterocycles. The lowest BCUT2D eigenvalue weighted by atomic mass is 9.98. The zero-order valence-electron chi connectivity index (χ0n) is 16.2. The van der Waals surface area contributed by atoms with E-state index in [4.69, 9.17) is 4.74 Å². The van der Waals surface area contributed by atoms with Gasteiger partial charge in [0.1, 0.15) is 5.75 Å². The molecule has 1 saturated carbocycles. The average Bonchev–Trinajstić information content (AvgIpc) is 3.52. The lowest BCUT2D eigenvalue weighted by Crippen LogP contribution is -2.44. The SMILES string of the molecule is COc1ccc(C)cc1NC(=O)C(=O)NCC1CCN(S(=O)(=O)C2CC2)CC1. The van der Waals surface area contributed by atoms with Gasteiger partial charge in [0.05, 0.1) is 18.0 Å². The topological polar surface area (TPSA) is 105 Å². The minimum Gasteiger partial charge on any atom is -0.495 e. The number of benzene rings is 1. The van der Waals surface area contributed by atoms with Gasteiger partial charge in [-0.2, -0.15) is 0 Å². The molecule has 0 aromatic heterocycles. The molecule has 1 heterocycles. The van der Waals surface area contributed by atoms with E-state index < -0.39 is 21.8 Å². The average molecular weight is 410 g/mol. The molecule has 1 aromatic carbocycles. The number of rotatable bonds is 6. The van der Waals surface area contributed by atoms with Crippen LogP contribution >= 0.6 is 0 Å². The predicted molar refractivity (Wildman–Crippen MR) is 106 cm³/mol. The Morgan fingerprint density at radius 1 is 1.14 bits per heavy atom. The summed E-state index contributed by atoms with van der Waals surface area (Å²) in [5, 5.41) is 5.04. The molecule has 0 bridgehead atoms. The second-order valence-corrected chi connectivity index (χ2v) is 9.67. The summed E-state index contributed by atoms with van der Waals surface area (Å²) >= 11 is 0. The Balaban J connectivity index is 1.46. The molecule has 3 rings (SSSR count). The van der Waals surface area contributed by atoms with E-state index in [1.807, 2.05) is 13.0 Å². The van der Waals surface area contributed by atoms with Crippen LogP contribution in [-0.2, 0) is 19.6 Å². The monoisotopic (exact) mass is 409 g/mol. The molecule has 0 radical (unpaired) electrons. The lowest BCUT2D eigenvalue weighted by Gasteiger charge is -2.31. The fourth-order valence-electron chi connectivity index (χ4n) is 3.36. The third-order valence-electron chi connectivity index (χ3n) is 5.24. The highest BCUT2D eigenvalue weighted by Gasteiger charge is 2.41. The quantitative estimate of drug-likeness (QED) is 0.689. The molecule has 2 fully saturated rings. The summed E-state index contributed by atoms with van der Waals surface area (Å²) in [6.07, 6.45) is 2.89. The summed E-state index contributed by atoms with van der Waals surface area (Å²) in [4.78, 5) is 24.3. The molecule has 0 atom stereocenters. The molecule has 0 spiro atoms. The van der Waals surface area contributed by atoms with Crippen molar-refractivity contribution in [2.24, 2.45) is 5.92 Å². The van der Waals surface area contributed by atoms with Gasteiger partial charge < -0.3 is 15.4 Å². The van der Waals surface area contributed by atoms with E-state index in [9.17, 15) is 18.0 Å². The number of carbonyl (C=O) groups excluding carboxylic acids is 2. The van der Waals surface area contributed by atoms with E-state index in [2.05, 4.69) is 10.6 Å². The van der Waals surface area contributed by atoms with Crippen molar-refractivity contribution in [3.63, 3.8) is 0 Å². The Morgan fingerprint density at radius 3 is 2.43 bits per heavy atom. The van der Waals surface area contributed by atoms with E-state index >= 15 is 0 Å². The van der Waals surface area contributed by atoms with Gasteiger partial charge in [0.2, 0.25) is 10.0 Å². The van der Waals surface area contributed by atoms with Gasteiger partial charge in [-0.1, -0.05) is 6.07 Å². The number of nitrogens with zero attached hydrogens (tertiary/aromatic N) is 1. The van der Waals surface area contributed by atoms with E-state index in [1.165, 1.54) is 7.11 Å². The Bertz CT molecular complexity index is 843. The molecule has 28 heavy (non-hydrogen) atoms. The molecule has 9 heteroatoms. The van der Waals surface area contributed by atoms with Gasteiger partial charge in [0.15, 0.2) is 0 Å². The van der Waals surface area contributed by atoms with Crippen molar-refractivity contribution in [2.45, 2.75) is 37.9 Å². The zero-order chi connectivity index (χ0) is 20.3. The van der Waals surface area contributed by atoms with Crippen LogP contribution in [0.15, 0.2) is 18.2 Å². The Morgan fingerprint density at radius 2 is 1.82 bits per heavy atom. The molecule has 2 amide bonds. The maximum absolute atomic E-state index is 12.3. The van der Waals surface area contributed by atoms with Crippen LogP contribution in [0.1, 0.15) is 31.2 Å². The first-order valence-corrected chi connectivity index (χ1v) is 11.0. The first kappa shape index (κ1) is 20.6. The van der Waals surface area contributed by atoms with Crippen molar-refractivity contribution < 1.29 is 22.7 Å². The normalized spacial score (nSPS) is 18.5. The molecular weight excluding hydrogens is 382 g/mol. The highest BCUT2D eigenvalue weighted by Crippen LogP contribution is 2.33. The molecule has 2 N–H and O–H groups in total. The molecule has 1 aliphatic heterocycles. The zero-order valence-corrected chi connectivity index (χ0v) is 17.0. The maximum Gasteiger partial charge on any atom is 0.313 e. The van der Waals surface area contributed by atoms with Crippen LogP contribution in [0.25, 0.3) is 0 Å². The van der Waals surface area contributed by atoms with Crippen molar-refractivity contribution in [1.29, 1.82) is 0 Å². The van der Waals surface area contributed by atoms with Gasteiger partial charge in [-0.15, -0.1) is 0 Å². The Labute approximate surface area is 165 Å². The maximum atomic E-state index is 12.3. The smallest absolute Gasteiger partial charge is 0.313 e. The minimum atomic E-state index is -3.13. The largest absolute Gasteiger partial charge is 0.495 e. The number of sulfonamides is 1. The van der Waals surface area contributed by atoms with Gasteiger partial charge in [0, 0.05) is 19.6 Å². The standard InChI is InChI=1S/C19H27N3O5S/c1-13-3-6-17(27-2)16(11-13)21-19(24)18(23)20-12-14-7-9-22(10-8-14)28(25,26)15-4-5-15/h3,6,11,14-15H,4-5,7-10,12H2,1-2H3,(H,20,23)(H,21,24). The molecule has 1 aromatic rings. The van der Waals surface area contributed by atoms with Crippen LogP contribution in [-0.4, -0.2) is 56.5 Å². The third kappa shape index (κ3) is 4.82. The first-order chi connectivity index (χ1) is 13.3. The highest BCUT2D eigenvalue weighted by atomic mass is 32.2. The second-order valence-electron chi connectivity index (χ2n) is 7.45. The van der Waals surface area contributed by atoms with E-state index in [1.54, 1.807) is 16.4 Å². The van der Waals surface area contributed by atoms with Gasteiger partial charge in [-0.3, -0.25) is 9.59 Å². The van der Waals surface area contributed by atoms with Crippen LogP contribution < -0.4 is 15.4 Å². The Hall–Kier alpha value is -2.13. The van der Waals surface area contributed by atoms with Crippen molar-refractivity contribution in [3.8, 4) is 5.75 Å². The number of hydrogen-bond donors (Lipinski definition) is 2. The second kappa shape index (κ2) is 8.48. The predicted octanol–water partition coefficient (Wildman–Crippen LogP) is 1.26.